The summed E-state index contributed by atoms with van der Waals surface area (Å²) < 4.78 is 1.08. The summed E-state index contributed by atoms with van der Waals surface area (Å²) >= 11 is 3.46. The number of aryl methyl sites for hydroxylation is 1. The third-order valence-corrected chi connectivity index (χ3v) is 3.07. The lowest BCUT2D eigenvalue weighted by molar-refractivity contribution is 0.553. The molecule has 0 radical (unpaired) electrons. The van der Waals surface area contributed by atoms with Gasteiger partial charge in [-0.25, -0.2) is 0 Å². The molecule has 1 rings (SSSR count). The van der Waals surface area contributed by atoms with Crippen molar-refractivity contribution < 1.29 is 0 Å². The van der Waals surface area contributed by atoms with Gasteiger partial charge in [0, 0.05) is 16.6 Å². The van der Waals surface area contributed by atoms with E-state index in [1.807, 2.05) is 13.0 Å². The molecule has 3 heteroatoms. The standard InChI is InChI=1S/C12H19BrN2/c1-8-3-5-10(13)7-11(8)12(15)6-4-9(2)14/h3,5,7,9,12H,4,6,14-15H2,1-2H3. The van der Waals surface area contributed by atoms with Gasteiger partial charge in [-0.05, 0) is 49.9 Å². The molecular formula is C12H19BrN2. The Balaban J connectivity index is 2.72. The Hall–Kier alpha value is -0.380. The predicted octanol–water partition coefficient (Wildman–Crippen LogP) is 2.88. The fourth-order valence-electron chi connectivity index (χ4n) is 1.61. The molecule has 1 aromatic rings. The summed E-state index contributed by atoms with van der Waals surface area (Å²) in [4.78, 5) is 0. The second kappa shape index (κ2) is 5.64. The maximum absolute atomic E-state index is 6.14. The van der Waals surface area contributed by atoms with Crippen LogP contribution < -0.4 is 11.5 Å². The number of hydrogen-bond donors (Lipinski definition) is 2. The molecule has 0 aliphatic rings. The van der Waals surface area contributed by atoms with Gasteiger partial charge in [-0.1, -0.05) is 22.0 Å². The van der Waals surface area contributed by atoms with E-state index in [1.165, 1.54) is 11.1 Å². The molecule has 0 saturated heterocycles. The highest BCUT2D eigenvalue weighted by Gasteiger charge is 2.10. The maximum atomic E-state index is 6.14. The number of rotatable bonds is 4. The Labute approximate surface area is 100 Å². The zero-order valence-electron chi connectivity index (χ0n) is 9.33. The van der Waals surface area contributed by atoms with Crippen LogP contribution in [0.2, 0.25) is 0 Å². The van der Waals surface area contributed by atoms with Crippen molar-refractivity contribution >= 4 is 15.9 Å². The molecule has 2 unspecified atom stereocenters. The van der Waals surface area contributed by atoms with Gasteiger partial charge < -0.3 is 11.5 Å². The average molecular weight is 271 g/mol. The van der Waals surface area contributed by atoms with E-state index < -0.39 is 0 Å². The van der Waals surface area contributed by atoms with Gasteiger partial charge >= 0.3 is 0 Å². The van der Waals surface area contributed by atoms with Crippen molar-refractivity contribution in [1.82, 2.24) is 0 Å². The molecule has 0 spiro atoms. The Morgan fingerprint density at radius 3 is 2.53 bits per heavy atom. The van der Waals surface area contributed by atoms with Gasteiger partial charge in [0.05, 0.1) is 0 Å². The fraction of sp³-hybridized carbons (Fsp3) is 0.500. The van der Waals surface area contributed by atoms with E-state index in [1.54, 1.807) is 0 Å². The summed E-state index contributed by atoms with van der Waals surface area (Å²) in [7, 11) is 0. The molecule has 15 heavy (non-hydrogen) atoms. The summed E-state index contributed by atoms with van der Waals surface area (Å²) in [6.07, 6.45) is 1.90. The van der Waals surface area contributed by atoms with Gasteiger partial charge in [0.15, 0.2) is 0 Å². The molecule has 84 valence electrons. The van der Waals surface area contributed by atoms with Gasteiger partial charge in [-0.2, -0.15) is 0 Å². The van der Waals surface area contributed by atoms with Crippen molar-refractivity contribution in [2.24, 2.45) is 11.5 Å². The van der Waals surface area contributed by atoms with Crippen LogP contribution in [0.3, 0.4) is 0 Å². The molecule has 1 aromatic carbocycles. The third-order valence-electron chi connectivity index (χ3n) is 2.57. The first-order chi connectivity index (χ1) is 7.00. The quantitative estimate of drug-likeness (QED) is 0.884. The van der Waals surface area contributed by atoms with Crippen LogP contribution in [-0.4, -0.2) is 6.04 Å². The van der Waals surface area contributed by atoms with E-state index in [9.17, 15) is 0 Å². The van der Waals surface area contributed by atoms with Crippen LogP contribution in [-0.2, 0) is 0 Å². The Morgan fingerprint density at radius 1 is 1.27 bits per heavy atom. The van der Waals surface area contributed by atoms with Gasteiger partial charge in [0.25, 0.3) is 0 Å². The van der Waals surface area contributed by atoms with E-state index in [4.69, 9.17) is 11.5 Å². The summed E-state index contributed by atoms with van der Waals surface area (Å²) in [5.41, 5.74) is 14.3. The van der Waals surface area contributed by atoms with E-state index in [0.29, 0.717) is 0 Å². The molecule has 2 nitrogen and oxygen atoms in total. The predicted molar refractivity (Wildman–Crippen MR) is 68.7 cm³/mol. The van der Waals surface area contributed by atoms with Crippen molar-refractivity contribution in [2.45, 2.75) is 38.8 Å². The molecule has 0 bridgehead atoms. The maximum Gasteiger partial charge on any atom is 0.0298 e. The van der Waals surface area contributed by atoms with Crippen LogP contribution in [0.4, 0.5) is 0 Å². The first-order valence-electron chi connectivity index (χ1n) is 5.28. The minimum atomic E-state index is 0.0912. The van der Waals surface area contributed by atoms with Gasteiger partial charge in [-0.3, -0.25) is 0 Å². The van der Waals surface area contributed by atoms with Gasteiger partial charge in [0.2, 0.25) is 0 Å². The van der Waals surface area contributed by atoms with Crippen molar-refractivity contribution in [3.8, 4) is 0 Å². The molecule has 0 heterocycles. The SMILES string of the molecule is Cc1ccc(Br)cc1C(N)CCC(C)N. The van der Waals surface area contributed by atoms with Crippen LogP contribution in [0.1, 0.15) is 36.9 Å². The molecule has 4 N–H and O–H groups in total. The molecule has 0 amide bonds. The summed E-state index contributed by atoms with van der Waals surface area (Å²) in [6.45, 7) is 4.11. The highest BCUT2D eigenvalue weighted by atomic mass is 79.9. The molecule has 0 aromatic heterocycles. The van der Waals surface area contributed by atoms with Crippen LogP contribution in [0.5, 0.6) is 0 Å². The van der Waals surface area contributed by atoms with Gasteiger partial charge in [-0.15, -0.1) is 0 Å². The monoisotopic (exact) mass is 270 g/mol. The summed E-state index contributed by atoms with van der Waals surface area (Å²) in [6, 6.07) is 6.54. The minimum Gasteiger partial charge on any atom is -0.328 e. The molecule has 0 aliphatic heterocycles. The van der Waals surface area contributed by atoms with Crippen molar-refractivity contribution in [3.05, 3.63) is 33.8 Å². The summed E-state index contributed by atoms with van der Waals surface area (Å²) in [5, 5.41) is 0. The zero-order valence-corrected chi connectivity index (χ0v) is 10.9. The Kier molecular flexibility index (Phi) is 4.77. The molecule has 0 aliphatic carbocycles. The third kappa shape index (κ3) is 3.93. The van der Waals surface area contributed by atoms with Gasteiger partial charge in [0.1, 0.15) is 0 Å². The summed E-state index contributed by atoms with van der Waals surface area (Å²) in [5.74, 6) is 0. The second-order valence-electron chi connectivity index (χ2n) is 4.16. The van der Waals surface area contributed by atoms with Crippen molar-refractivity contribution in [3.63, 3.8) is 0 Å². The van der Waals surface area contributed by atoms with Crippen molar-refractivity contribution in [2.75, 3.05) is 0 Å². The van der Waals surface area contributed by atoms with E-state index >= 15 is 0 Å². The lowest BCUT2D eigenvalue weighted by Crippen LogP contribution is -2.19. The fourth-order valence-corrected chi connectivity index (χ4v) is 1.99. The number of hydrogen-bond acceptors (Lipinski definition) is 2. The number of nitrogens with two attached hydrogens (primary N) is 2. The van der Waals surface area contributed by atoms with Crippen LogP contribution >= 0.6 is 15.9 Å². The average Bonchev–Trinajstić information content (AvgIpc) is 2.18. The highest BCUT2D eigenvalue weighted by molar-refractivity contribution is 9.10. The van der Waals surface area contributed by atoms with E-state index in [0.717, 1.165) is 17.3 Å². The largest absolute Gasteiger partial charge is 0.328 e. The minimum absolute atomic E-state index is 0.0912. The lowest BCUT2D eigenvalue weighted by atomic mass is 9.97. The van der Waals surface area contributed by atoms with E-state index in [2.05, 4.69) is 35.0 Å². The first kappa shape index (κ1) is 12.7. The zero-order chi connectivity index (χ0) is 11.4. The lowest BCUT2D eigenvalue weighted by Gasteiger charge is -2.16. The van der Waals surface area contributed by atoms with Crippen LogP contribution in [0.25, 0.3) is 0 Å². The van der Waals surface area contributed by atoms with E-state index in [-0.39, 0.29) is 12.1 Å². The molecule has 0 saturated carbocycles. The second-order valence-corrected chi connectivity index (χ2v) is 5.08. The number of benzene rings is 1. The number of halogens is 1. The molecular weight excluding hydrogens is 252 g/mol. The van der Waals surface area contributed by atoms with Crippen LogP contribution in [0.15, 0.2) is 22.7 Å². The smallest absolute Gasteiger partial charge is 0.0298 e. The Bertz CT molecular complexity index is 323. The van der Waals surface area contributed by atoms with Crippen molar-refractivity contribution in [1.29, 1.82) is 0 Å². The van der Waals surface area contributed by atoms with Crippen LogP contribution in [0, 0.1) is 6.92 Å². The highest BCUT2D eigenvalue weighted by Crippen LogP contribution is 2.23. The molecule has 0 fully saturated rings. The Morgan fingerprint density at radius 2 is 1.93 bits per heavy atom. The first-order valence-corrected chi connectivity index (χ1v) is 6.07. The molecule has 2 atom stereocenters. The topological polar surface area (TPSA) is 52.0 Å². The normalized spacial score (nSPS) is 15.0.